The molecule has 0 radical (unpaired) electrons. The van der Waals surface area contributed by atoms with Crippen LogP contribution in [-0.2, 0) is 0 Å². The summed E-state index contributed by atoms with van der Waals surface area (Å²) in [7, 11) is 0. The van der Waals surface area contributed by atoms with Crippen LogP contribution >= 0.6 is 0 Å². The first kappa shape index (κ1) is 7.74. The second-order valence-corrected chi connectivity index (χ2v) is 3.38. The van der Waals surface area contributed by atoms with Crippen molar-refractivity contribution in [2.24, 2.45) is 0 Å². The SMILES string of the molecule is Cc1cc([C@H]2CCCN2)ccn1. The fourth-order valence-electron chi connectivity index (χ4n) is 1.75. The lowest BCUT2D eigenvalue weighted by atomic mass is 10.1. The molecule has 2 heteroatoms. The first-order chi connectivity index (χ1) is 5.86. The van der Waals surface area contributed by atoms with E-state index in [0.717, 1.165) is 12.2 Å². The average Bonchev–Trinajstić information content (AvgIpc) is 2.56. The number of hydrogen-bond donors (Lipinski definition) is 1. The lowest BCUT2D eigenvalue weighted by Gasteiger charge is -2.09. The Labute approximate surface area is 73.0 Å². The molecule has 0 unspecified atom stereocenters. The molecule has 1 atom stereocenters. The number of rotatable bonds is 1. The van der Waals surface area contributed by atoms with Crippen LogP contribution in [0.1, 0.15) is 30.1 Å². The molecular weight excluding hydrogens is 148 g/mol. The summed E-state index contributed by atoms with van der Waals surface area (Å²) in [5.74, 6) is 0. The van der Waals surface area contributed by atoms with Crippen LogP contribution in [0.5, 0.6) is 0 Å². The summed E-state index contributed by atoms with van der Waals surface area (Å²) in [6.07, 6.45) is 4.46. The smallest absolute Gasteiger partial charge is 0.0375 e. The first-order valence-electron chi connectivity index (χ1n) is 4.52. The molecular formula is C10H14N2. The topological polar surface area (TPSA) is 24.9 Å². The van der Waals surface area contributed by atoms with Crippen LogP contribution in [-0.4, -0.2) is 11.5 Å². The Morgan fingerprint density at radius 2 is 2.50 bits per heavy atom. The van der Waals surface area contributed by atoms with Crippen LogP contribution in [0.3, 0.4) is 0 Å². The molecule has 1 aliphatic heterocycles. The highest BCUT2D eigenvalue weighted by Gasteiger charge is 2.15. The largest absolute Gasteiger partial charge is 0.310 e. The molecule has 0 saturated carbocycles. The summed E-state index contributed by atoms with van der Waals surface area (Å²) in [5.41, 5.74) is 2.50. The zero-order chi connectivity index (χ0) is 8.39. The van der Waals surface area contributed by atoms with Crippen molar-refractivity contribution < 1.29 is 0 Å². The van der Waals surface area contributed by atoms with Crippen LogP contribution < -0.4 is 5.32 Å². The molecule has 12 heavy (non-hydrogen) atoms. The van der Waals surface area contributed by atoms with E-state index >= 15 is 0 Å². The Hall–Kier alpha value is -0.890. The molecule has 0 amide bonds. The molecule has 1 aromatic heterocycles. The summed E-state index contributed by atoms with van der Waals surface area (Å²) >= 11 is 0. The summed E-state index contributed by atoms with van der Waals surface area (Å²) in [6.45, 7) is 3.20. The minimum absolute atomic E-state index is 0.576. The Balaban J connectivity index is 2.21. The van der Waals surface area contributed by atoms with E-state index in [1.165, 1.54) is 18.4 Å². The number of aryl methyl sites for hydroxylation is 1. The van der Waals surface area contributed by atoms with Crippen LogP contribution in [0.25, 0.3) is 0 Å². The third-order valence-corrected chi connectivity index (χ3v) is 2.38. The van der Waals surface area contributed by atoms with E-state index < -0.39 is 0 Å². The molecule has 0 aliphatic carbocycles. The summed E-state index contributed by atoms with van der Waals surface area (Å²) in [4.78, 5) is 4.18. The van der Waals surface area contributed by atoms with Gasteiger partial charge < -0.3 is 5.32 Å². The zero-order valence-electron chi connectivity index (χ0n) is 7.38. The van der Waals surface area contributed by atoms with Crippen molar-refractivity contribution >= 4 is 0 Å². The van der Waals surface area contributed by atoms with Gasteiger partial charge in [-0.1, -0.05) is 0 Å². The Kier molecular flexibility index (Phi) is 2.09. The maximum absolute atomic E-state index is 4.18. The second-order valence-electron chi connectivity index (χ2n) is 3.38. The van der Waals surface area contributed by atoms with E-state index in [-0.39, 0.29) is 0 Å². The van der Waals surface area contributed by atoms with E-state index in [2.05, 4.69) is 22.4 Å². The lowest BCUT2D eigenvalue weighted by molar-refractivity contribution is 0.646. The molecule has 1 saturated heterocycles. The van der Waals surface area contributed by atoms with Gasteiger partial charge in [0, 0.05) is 17.9 Å². The van der Waals surface area contributed by atoms with Gasteiger partial charge in [0.15, 0.2) is 0 Å². The Morgan fingerprint density at radius 3 is 3.17 bits per heavy atom. The van der Waals surface area contributed by atoms with Crippen molar-refractivity contribution in [1.29, 1.82) is 0 Å². The zero-order valence-corrected chi connectivity index (χ0v) is 7.38. The number of hydrogen-bond acceptors (Lipinski definition) is 2. The highest BCUT2D eigenvalue weighted by atomic mass is 14.9. The molecule has 0 aromatic carbocycles. The van der Waals surface area contributed by atoms with Crippen molar-refractivity contribution in [2.75, 3.05) is 6.54 Å². The quantitative estimate of drug-likeness (QED) is 0.681. The number of nitrogens with zero attached hydrogens (tertiary/aromatic N) is 1. The van der Waals surface area contributed by atoms with Gasteiger partial charge in [-0.3, -0.25) is 4.98 Å². The summed E-state index contributed by atoms with van der Waals surface area (Å²) < 4.78 is 0. The minimum Gasteiger partial charge on any atom is -0.310 e. The molecule has 0 spiro atoms. The van der Waals surface area contributed by atoms with Crippen molar-refractivity contribution in [1.82, 2.24) is 10.3 Å². The molecule has 2 rings (SSSR count). The van der Waals surface area contributed by atoms with Gasteiger partial charge >= 0.3 is 0 Å². The third-order valence-electron chi connectivity index (χ3n) is 2.38. The number of pyridine rings is 1. The highest BCUT2D eigenvalue weighted by Crippen LogP contribution is 2.22. The lowest BCUT2D eigenvalue weighted by Crippen LogP contribution is -2.12. The Morgan fingerprint density at radius 1 is 1.58 bits per heavy atom. The molecule has 1 N–H and O–H groups in total. The fraction of sp³-hybridized carbons (Fsp3) is 0.500. The minimum atomic E-state index is 0.576. The molecule has 2 heterocycles. The normalized spacial score (nSPS) is 22.9. The highest BCUT2D eigenvalue weighted by molar-refractivity contribution is 5.20. The van der Waals surface area contributed by atoms with Crippen molar-refractivity contribution in [2.45, 2.75) is 25.8 Å². The number of aromatic nitrogens is 1. The molecule has 64 valence electrons. The summed E-state index contributed by atoms with van der Waals surface area (Å²) in [5, 5.41) is 3.47. The standard InChI is InChI=1S/C10H14N2/c1-8-7-9(4-6-11-8)10-3-2-5-12-10/h4,6-7,10,12H,2-3,5H2,1H3/t10-/m1/s1. The van der Waals surface area contributed by atoms with E-state index in [1.807, 2.05) is 13.1 Å². The van der Waals surface area contributed by atoms with E-state index in [0.29, 0.717) is 6.04 Å². The van der Waals surface area contributed by atoms with E-state index in [9.17, 15) is 0 Å². The predicted octanol–water partition coefficient (Wildman–Crippen LogP) is 1.81. The third kappa shape index (κ3) is 1.48. The second kappa shape index (κ2) is 3.23. The fourth-order valence-corrected chi connectivity index (χ4v) is 1.75. The van der Waals surface area contributed by atoms with Crippen LogP contribution in [0.4, 0.5) is 0 Å². The van der Waals surface area contributed by atoms with Crippen LogP contribution in [0.2, 0.25) is 0 Å². The van der Waals surface area contributed by atoms with Gasteiger partial charge in [-0.05, 0) is 44.0 Å². The maximum Gasteiger partial charge on any atom is 0.0375 e. The van der Waals surface area contributed by atoms with Crippen LogP contribution in [0.15, 0.2) is 18.3 Å². The van der Waals surface area contributed by atoms with Gasteiger partial charge in [0.05, 0.1) is 0 Å². The summed E-state index contributed by atoms with van der Waals surface area (Å²) in [6, 6.07) is 4.85. The van der Waals surface area contributed by atoms with Crippen molar-refractivity contribution in [3.8, 4) is 0 Å². The van der Waals surface area contributed by atoms with Gasteiger partial charge in [0.1, 0.15) is 0 Å². The molecule has 1 aliphatic rings. The van der Waals surface area contributed by atoms with Gasteiger partial charge in [-0.2, -0.15) is 0 Å². The van der Waals surface area contributed by atoms with E-state index in [1.54, 1.807) is 0 Å². The van der Waals surface area contributed by atoms with Gasteiger partial charge in [0.2, 0.25) is 0 Å². The maximum atomic E-state index is 4.18. The van der Waals surface area contributed by atoms with Crippen molar-refractivity contribution in [3.63, 3.8) is 0 Å². The molecule has 1 fully saturated rings. The van der Waals surface area contributed by atoms with Gasteiger partial charge in [0.25, 0.3) is 0 Å². The monoisotopic (exact) mass is 162 g/mol. The average molecular weight is 162 g/mol. The molecule has 2 nitrogen and oxygen atoms in total. The number of nitrogens with one attached hydrogen (secondary N) is 1. The molecule has 1 aromatic rings. The Bertz CT molecular complexity index is 264. The molecule has 0 bridgehead atoms. The van der Waals surface area contributed by atoms with Gasteiger partial charge in [-0.15, -0.1) is 0 Å². The predicted molar refractivity (Wildman–Crippen MR) is 49.0 cm³/mol. The van der Waals surface area contributed by atoms with Gasteiger partial charge in [-0.25, -0.2) is 0 Å². The van der Waals surface area contributed by atoms with Crippen LogP contribution in [0, 0.1) is 6.92 Å². The van der Waals surface area contributed by atoms with E-state index in [4.69, 9.17) is 0 Å². The first-order valence-corrected chi connectivity index (χ1v) is 4.52. The van der Waals surface area contributed by atoms with Crippen molar-refractivity contribution in [3.05, 3.63) is 29.6 Å².